The molecular weight excluding hydrogens is 294 g/mol. The summed E-state index contributed by atoms with van der Waals surface area (Å²) in [4.78, 5) is 4.49. The molecule has 0 bridgehead atoms. The fourth-order valence-corrected chi connectivity index (χ4v) is 2.20. The van der Waals surface area contributed by atoms with Crippen molar-refractivity contribution in [3.8, 4) is 11.6 Å². The van der Waals surface area contributed by atoms with Crippen molar-refractivity contribution < 1.29 is 14.2 Å². The van der Waals surface area contributed by atoms with Crippen LogP contribution in [0.5, 0.6) is 11.6 Å². The lowest BCUT2D eigenvalue weighted by atomic mass is 10.2. The summed E-state index contributed by atoms with van der Waals surface area (Å²) >= 11 is 0. The molecule has 0 unspecified atom stereocenters. The van der Waals surface area contributed by atoms with Crippen LogP contribution in [0.25, 0.3) is 5.65 Å². The van der Waals surface area contributed by atoms with E-state index in [9.17, 15) is 0 Å². The second kappa shape index (κ2) is 7.11. The smallest absolute Gasteiger partial charge is 0.218 e. The largest absolute Gasteiger partial charge is 0.497 e. The molecule has 2 aromatic heterocycles. The summed E-state index contributed by atoms with van der Waals surface area (Å²) in [5.74, 6) is 1.47. The molecule has 0 amide bonds. The number of benzene rings is 1. The second-order valence-electron chi connectivity index (χ2n) is 4.96. The molecule has 3 rings (SSSR count). The van der Waals surface area contributed by atoms with Crippen LogP contribution in [0.4, 0.5) is 0 Å². The Balaban J connectivity index is 1.78. The predicted octanol–water partition coefficient (Wildman–Crippen LogP) is 2.85. The van der Waals surface area contributed by atoms with Gasteiger partial charge in [0.1, 0.15) is 12.4 Å². The quantitative estimate of drug-likeness (QED) is 0.671. The molecule has 23 heavy (non-hydrogen) atoms. The molecular formula is C17H19N3O3. The van der Waals surface area contributed by atoms with Gasteiger partial charge in [-0.15, -0.1) is 0 Å². The third-order valence-electron chi connectivity index (χ3n) is 3.38. The molecule has 0 aliphatic carbocycles. The first-order valence-electron chi connectivity index (χ1n) is 7.47. The Hall–Kier alpha value is -2.60. The lowest BCUT2D eigenvalue weighted by molar-refractivity contribution is 0.131. The third kappa shape index (κ3) is 3.60. The van der Waals surface area contributed by atoms with E-state index < -0.39 is 0 Å². The van der Waals surface area contributed by atoms with Crippen molar-refractivity contribution in [2.45, 2.75) is 20.1 Å². The van der Waals surface area contributed by atoms with Gasteiger partial charge in [0.15, 0.2) is 5.65 Å². The van der Waals surface area contributed by atoms with E-state index in [2.05, 4.69) is 10.1 Å². The Morgan fingerprint density at radius 3 is 2.65 bits per heavy atom. The third-order valence-corrected chi connectivity index (χ3v) is 3.38. The first-order chi connectivity index (χ1) is 11.3. The van der Waals surface area contributed by atoms with Gasteiger partial charge in [-0.1, -0.05) is 12.1 Å². The average Bonchev–Trinajstić information content (AvgIpc) is 3.07. The first-order valence-corrected chi connectivity index (χ1v) is 7.47. The number of hydrogen-bond acceptors (Lipinski definition) is 5. The molecule has 0 aliphatic heterocycles. The van der Waals surface area contributed by atoms with Crippen LogP contribution < -0.4 is 9.47 Å². The van der Waals surface area contributed by atoms with E-state index in [1.165, 1.54) is 0 Å². The van der Waals surface area contributed by atoms with E-state index in [1.54, 1.807) is 17.8 Å². The Morgan fingerprint density at radius 2 is 1.91 bits per heavy atom. The van der Waals surface area contributed by atoms with E-state index >= 15 is 0 Å². The van der Waals surface area contributed by atoms with E-state index in [0.29, 0.717) is 25.7 Å². The van der Waals surface area contributed by atoms with E-state index in [4.69, 9.17) is 14.2 Å². The maximum atomic E-state index is 5.92. The minimum absolute atomic E-state index is 0.442. The molecule has 0 spiro atoms. The van der Waals surface area contributed by atoms with Crippen LogP contribution >= 0.6 is 0 Å². The Labute approximate surface area is 134 Å². The van der Waals surface area contributed by atoms with Gasteiger partial charge in [-0.3, -0.25) is 0 Å². The fourth-order valence-electron chi connectivity index (χ4n) is 2.20. The molecule has 0 fully saturated rings. The Bertz CT molecular complexity index is 768. The summed E-state index contributed by atoms with van der Waals surface area (Å²) in [6, 6.07) is 11.5. The highest BCUT2D eigenvalue weighted by molar-refractivity contribution is 5.41. The molecule has 0 radical (unpaired) electrons. The maximum absolute atomic E-state index is 5.92. The Kier molecular flexibility index (Phi) is 4.73. The lowest BCUT2D eigenvalue weighted by Crippen LogP contribution is -2.05. The zero-order chi connectivity index (χ0) is 16.1. The molecule has 6 heteroatoms. The van der Waals surface area contributed by atoms with Gasteiger partial charge in [-0.2, -0.15) is 9.61 Å². The molecule has 2 heterocycles. The van der Waals surface area contributed by atoms with Crippen LogP contribution in [0.1, 0.15) is 18.2 Å². The second-order valence-corrected chi connectivity index (χ2v) is 4.96. The van der Waals surface area contributed by atoms with Gasteiger partial charge < -0.3 is 14.2 Å². The first kappa shape index (κ1) is 15.3. The number of fused-ring (bicyclic) bond motifs is 1. The van der Waals surface area contributed by atoms with Gasteiger partial charge in [0, 0.05) is 18.7 Å². The van der Waals surface area contributed by atoms with Crippen LogP contribution in [0.15, 0.2) is 42.6 Å². The van der Waals surface area contributed by atoms with Gasteiger partial charge in [0.25, 0.3) is 0 Å². The van der Waals surface area contributed by atoms with Crippen LogP contribution in [0.3, 0.4) is 0 Å². The van der Waals surface area contributed by atoms with Crippen molar-refractivity contribution in [2.24, 2.45) is 0 Å². The van der Waals surface area contributed by atoms with Gasteiger partial charge in [0.05, 0.1) is 25.6 Å². The summed E-state index contributed by atoms with van der Waals surface area (Å²) in [6.45, 7) is 3.50. The van der Waals surface area contributed by atoms with E-state index in [0.717, 1.165) is 22.7 Å². The van der Waals surface area contributed by atoms with E-state index in [1.807, 2.05) is 43.3 Å². The summed E-state index contributed by atoms with van der Waals surface area (Å²) < 4.78 is 18.2. The van der Waals surface area contributed by atoms with Gasteiger partial charge in [0.2, 0.25) is 5.88 Å². The van der Waals surface area contributed by atoms with Crippen LogP contribution in [-0.2, 0) is 18.0 Å². The normalized spacial score (nSPS) is 10.9. The average molecular weight is 313 g/mol. The highest BCUT2D eigenvalue weighted by atomic mass is 16.5. The van der Waals surface area contributed by atoms with Crippen molar-refractivity contribution >= 4 is 5.65 Å². The van der Waals surface area contributed by atoms with Gasteiger partial charge >= 0.3 is 0 Å². The molecule has 120 valence electrons. The molecule has 0 N–H and O–H groups in total. The molecule has 0 saturated carbocycles. The lowest BCUT2D eigenvalue weighted by Gasteiger charge is -2.10. The van der Waals surface area contributed by atoms with Crippen LogP contribution in [-0.4, -0.2) is 28.3 Å². The minimum Gasteiger partial charge on any atom is -0.497 e. The highest BCUT2D eigenvalue weighted by Crippen LogP contribution is 2.18. The van der Waals surface area contributed by atoms with E-state index in [-0.39, 0.29) is 0 Å². The maximum Gasteiger partial charge on any atom is 0.218 e. The van der Waals surface area contributed by atoms with Crippen molar-refractivity contribution in [1.29, 1.82) is 0 Å². The number of nitrogens with zero attached hydrogens (tertiary/aromatic N) is 3. The minimum atomic E-state index is 0.442. The fraction of sp³-hybridized carbons (Fsp3) is 0.294. The number of hydrogen-bond donors (Lipinski definition) is 0. The summed E-state index contributed by atoms with van der Waals surface area (Å²) in [6.07, 6.45) is 1.70. The number of methoxy groups -OCH3 is 1. The van der Waals surface area contributed by atoms with Gasteiger partial charge in [-0.05, 0) is 24.6 Å². The Morgan fingerprint density at radius 1 is 1.09 bits per heavy atom. The molecule has 0 aliphatic rings. The van der Waals surface area contributed by atoms with Crippen molar-refractivity contribution in [3.05, 3.63) is 53.9 Å². The van der Waals surface area contributed by atoms with Crippen molar-refractivity contribution in [2.75, 3.05) is 13.7 Å². The van der Waals surface area contributed by atoms with Crippen molar-refractivity contribution in [1.82, 2.24) is 14.6 Å². The standard InChI is InChI=1S/C17H19N3O3/c1-3-22-12-14-10-17(20-16(19-14)8-9-18-20)23-11-13-4-6-15(21-2)7-5-13/h4-10H,3,11-12H2,1-2H3. The SMILES string of the molecule is CCOCc1cc(OCc2ccc(OC)cc2)n2nccc2n1. The molecule has 1 aromatic carbocycles. The summed E-state index contributed by atoms with van der Waals surface area (Å²) in [5.41, 5.74) is 2.62. The zero-order valence-electron chi connectivity index (χ0n) is 13.2. The van der Waals surface area contributed by atoms with Crippen molar-refractivity contribution in [3.63, 3.8) is 0 Å². The predicted molar refractivity (Wildman–Crippen MR) is 85.6 cm³/mol. The van der Waals surface area contributed by atoms with Crippen LogP contribution in [0.2, 0.25) is 0 Å². The molecule has 0 atom stereocenters. The molecule has 6 nitrogen and oxygen atoms in total. The monoisotopic (exact) mass is 313 g/mol. The number of rotatable bonds is 7. The highest BCUT2D eigenvalue weighted by Gasteiger charge is 2.08. The zero-order valence-corrected chi connectivity index (χ0v) is 13.2. The molecule has 0 saturated heterocycles. The van der Waals surface area contributed by atoms with Crippen LogP contribution in [0, 0.1) is 0 Å². The summed E-state index contributed by atoms with van der Waals surface area (Å²) in [5, 5.41) is 4.25. The topological polar surface area (TPSA) is 57.9 Å². The number of aromatic nitrogens is 3. The number of ether oxygens (including phenoxy) is 3. The van der Waals surface area contributed by atoms with Gasteiger partial charge in [-0.25, -0.2) is 4.98 Å². The summed E-state index contributed by atoms with van der Waals surface area (Å²) in [7, 11) is 1.65. The molecule has 3 aromatic rings.